The second kappa shape index (κ2) is 13.0. The maximum Gasteiger partial charge on any atom is 0.409 e. The minimum atomic E-state index is -1.24. The monoisotopic (exact) mass is 611 g/mol. The van der Waals surface area contributed by atoms with Crippen molar-refractivity contribution in [3.63, 3.8) is 0 Å². The maximum absolute atomic E-state index is 14.0. The third-order valence-electron chi connectivity index (χ3n) is 7.74. The van der Waals surface area contributed by atoms with Gasteiger partial charge in [-0.15, -0.1) is 5.10 Å². The number of benzene rings is 1. The molecule has 12 nitrogen and oxygen atoms in total. The zero-order valence-corrected chi connectivity index (χ0v) is 23.8. The lowest BCUT2D eigenvalue weighted by Crippen LogP contribution is -2.57. The highest BCUT2D eigenvalue weighted by molar-refractivity contribution is 6.31. The number of hydrogen-bond donors (Lipinski definition) is 2. The van der Waals surface area contributed by atoms with E-state index in [0.29, 0.717) is 44.0 Å². The number of aliphatic hydroxyl groups excluding tert-OH is 2. The first-order valence-corrected chi connectivity index (χ1v) is 14.0. The first kappa shape index (κ1) is 30.3. The molecule has 0 saturated carbocycles. The van der Waals surface area contributed by atoms with Gasteiger partial charge in [0.05, 0.1) is 36.2 Å². The SMILES string of the molecule is CCOC(=O)N1CCC(c2cc(C[C@H]3O[C@H](CO)[C@H](O)[C@H](n4cc(-c5cc(F)c(F)c(Cl)c5)nn4)[C@H]3OC)no2)CC1. The molecule has 3 aromatic rings. The molecule has 2 saturated heterocycles. The van der Waals surface area contributed by atoms with Gasteiger partial charge in [-0.3, -0.25) is 0 Å². The fraction of sp³-hybridized carbons (Fsp3) is 0.556. The molecule has 228 valence electrons. The number of methoxy groups -OCH3 is 1. The molecule has 2 fully saturated rings. The van der Waals surface area contributed by atoms with Gasteiger partial charge in [0.25, 0.3) is 0 Å². The van der Waals surface area contributed by atoms with Crippen molar-refractivity contribution in [2.24, 2.45) is 0 Å². The minimum Gasteiger partial charge on any atom is -0.450 e. The Bertz CT molecular complexity index is 1360. The quantitative estimate of drug-likeness (QED) is 0.364. The molecular weight excluding hydrogens is 580 g/mol. The molecule has 15 heteroatoms. The van der Waals surface area contributed by atoms with Crippen LogP contribution in [0.1, 0.15) is 43.2 Å². The second-order valence-electron chi connectivity index (χ2n) is 10.3. The average Bonchev–Trinajstić information content (AvgIpc) is 3.67. The number of ether oxygens (including phenoxy) is 3. The van der Waals surface area contributed by atoms with E-state index in [4.69, 9.17) is 30.3 Å². The van der Waals surface area contributed by atoms with Gasteiger partial charge in [0.1, 0.15) is 35.8 Å². The first-order chi connectivity index (χ1) is 20.2. The van der Waals surface area contributed by atoms with E-state index in [2.05, 4.69) is 15.5 Å². The Kier molecular flexibility index (Phi) is 9.38. The molecule has 1 amide bonds. The molecule has 0 radical (unpaired) electrons. The van der Waals surface area contributed by atoms with E-state index in [1.807, 2.05) is 6.07 Å². The van der Waals surface area contributed by atoms with Crippen molar-refractivity contribution >= 4 is 17.7 Å². The van der Waals surface area contributed by atoms with E-state index in [0.717, 1.165) is 6.07 Å². The molecule has 2 aliphatic rings. The lowest BCUT2D eigenvalue weighted by Gasteiger charge is -2.43. The molecule has 0 bridgehead atoms. The van der Waals surface area contributed by atoms with Crippen LogP contribution in [0.4, 0.5) is 13.6 Å². The summed E-state index contributed by atoms with van der Waals surface area (Å²) in [5.74, 6) is -1.52. The molecule has 0 spiro atoms. The van der Waals surface area contributed by atoms with Gasteiger partial charge in [-0.1, -0.05) is 22.0 Å². The number of hydrogen-bond acceptors (Lipinski definition) is 10. The summed E-state index contributed by atoms with van der Waals surface area (Å²) in [6, 6.07) is 3.16. The van der Waals surface area contributed by atoms with Crippen molar-refractivity contribution in [1.29, 1.82) is 0 Å². The number of aromatic nitrogens is 4. The smallest absolute Gasteiger partial charge is 0.409 e. The van der Waals surface area contributed by atoms with Gasteiger partial charge in [0.15, 0.2) is 11.6 Å². The standard InChI is InChI=1S/C27H32ClF2N5O7/c1-3-40-27(38)34-6-4-14(5-7-34)20-10-16(32-42-20)11-21-26(39-2)24(25(37)22(13-36)41-21)35-12-19(31-33-35)15-8-17(28)23(30)18(29)9-15/h8-10,12,14,21-22,24-26,36-37H,3-7,11,13H2,1-2H3/t21-,22-,24+,25+,26+/m1/s1. The second-order valence-corrected chi connectivity index (χ2v) is 10.7. The summed E-state index contributed by atoms with van der Waals surface area (Å²) in [5, 5.41) is 33.0. The topological polar surface area (TPSA) is 145 Å². The van der Waals surface area contributed by atoms with Crippen LogP contribution in [0.25, 0.3) is 11.3 Å². The number of aliphatic hydroxyl groups is 2. The van der Waals surface area contributed by atoms with Gasteiger partial charge >= 0.3 is 6.09 Å². The molecular formula is C27H32ClF2N5O7. The normalized spacial score (nSPS) is 25.1. The fourth-order valence-electron chi connectivity index (χ4n) is 5.57. The maximum atomic E-state index is 14.0. The summed E-state index contributed by atoms with van der Waals surface area (Å²) in [6.45, 7) is 2.71. The van der Waals surface area contributed by atoms with Crippen LogP contribution in [0.3, 0.4) is 0 Å². The van der Waals surface area contributed by atoms with Crippen LogP contribution in [0.15, 0.2) is 28.9 Å². The Morgan fingerprint density at radius 2 is 1.98 bits per heavy atom. The van der Waals surface area contributed by atoms with Crippen LogP contribution in [-0.4, -0.2) is 99.2 Å². The van der Waals surface area contributed by atoms with E-state index >= 15 is 0 Å². The van der Waals surface area contributed by atoms with Crippen LogP contribution in [0.5, 0.6) is 0 Å². The van der Waals surface area contributed by atoms with Crippen molar-refractivity contribution in [1.82, 2.24) is 25.1 Å². The highest BCUT2D eigenvalue weighted by Gasteiger charge is 2.47. The molecule has 5 rings (SSSR count). The number of carbonyl (C=O) groups excluding carboxylic acids is 1. The number of likely N-dealkylation sites (tertiary alicyclic amines) is 1. The summed E-state index contributed by atoms with van der Waals surface area (Å²) < 4.78 is 51.5. The summed E-state index contributed by atoms with van der Waals surface area (Å²) in [4.78, 5) is 13.7. The molecule has 2 aliphatic heterocycles. The predicted molar refractivity (Wildman–Crippen MR) is 143 cm³/mol. The summed E-state index contributed by atoms with van der Waals surface area (Å²) in [7, 11) is 1.46. The molecule has 5 atom stereocenters. The molecule has 4 heterocycles. The van der Waals surface area contributed by atoms with Gasteiger partial charge in [-0.2, -0.15) is 0 Å². The van der Waals surface area contributed by atoms with Crippen LogP contribution in [0, 0.1) is 11.6 Å². The molecule has 0 aliphatic carbocycles. The molecule has 1 aromatic carbocycles. The van der Waals surface area contributed by atoms with Crippen molar-refractivity contribution in [3.8, 4) is 11.3 Å². The molecule has 0 unspecified atom stereocenters. The van der Waals surface area contributed by atoms with Crippen LogP contribution >= 0.6 is 11.6 Å². The molecule has 2 N–H and O–H groups in total. The number of amides is 1. The summed E-state index contributed by atoms with van der Waals surface area (Å²) in [6.07, 6.45) is -0.877. The molecule has 42 heavy (non-hydrogen) atoms. The minimum absolute atomic E-state index is 0.0838. The lowest BCUT2D eigenvalue weighted by molar-refractivity contribution is -0.212. The highest BCUT2D eigenvalue weighted by Crippen LogP contribution is 2.35. The van der Waals surface area contributed by atoms with Crippen LogP contribution in [-0.2, 0) is 20.6 Å². The third kappa shape index (κ3) is 6.13. The van der Waals surface area contributed by atoms with Gasteiger partial charge in [0.2, 0.25) is 0 Å². The van der Waals surface area contributed by atoms with E-state index < -0.39 is 53.7 Å². The van der Waals surface area contributed by atoms with Gasteiger partial charge in [-0.05, 0) is 31.9 Å². The Morgan fingerprint density at radius 1 is 1.21 bits per heavy atom. The Morgan fingerprint density at radius 3 is 2.64 bits per heavy atom. The van der Waals surface area contributed by atoms with E-state index in [1.165, 1.54) is 24.1 Å². The lowest BCUT2D eigenvalue weighted by atomic mass is 9.90. The van der Waals surface area contributed by atoms with Crippen molar-refractivity contribution in [3.05, 3.63) is 52.5 Å². The number of carbonyl (C=O) groups is 1. The van der Waals surface area contributed by atoms with Gasteiger partial charge in [-0.25, -0.2) is 18.3 Å². The van der Waals surface area contributed by atoms with Crippen molar-refractivity contribution in [2.45, 2.75) is 62.6 Å². The number of halogens is 3. The number of rotatable bonds is 8. The number of piperidine rings is 1. The van der Waals surface area contributed by atoms with Gasteiger partial charge < -0.3 is 33.8 Å². The largest absolute Gasteiger partial charge is 0.450 e. The Hall–Kier alpha value is -3.17. The van der Waals surface area contributed by atoms with Crippen molar-refractivity contribution < 1.29 is 42.5 Å². The van der Waals surface area contributed by atoms with Crippen LogP contribution in [0.2, 0.25) is 5.02 Å². The van der Waals surface area contributed by atoms with Crippen LogP contribution < -0.4 is 0 Å². The summed E-state index contributed by atoms with van der Waals surface area (Å²) in [5.41, 5.74) is 0.975. The number of nitrogens with zero attached hydrogens (tertiary/aromatic N) is 5. The Labute approximate surface area is 245 Å². The average molecular weight is 612 g/mol. The zero-order chi connectivity index (χ0) is 30.0. The highest BCUT2D eigenvalue weighted by atomic mass is 35.5. The Balaban J connectivity index is 1.32. The first-order valence-electron chi connectivity index (χ1n) is 13.6. The predicted octanol–water partition coefficient (Wildman–Crippen LogP) is 3.12. The zero-order valence-electron chi connectivity index (χ0n) is 23.0. The fourth-order valence-corrected chi connectivity index (χ4v) is 5.78. The van der Waals surface area contributed by atoms with E-state index in [1.54, 1.807) is 11.8 Å². The summed E-state index contributed by atoms with van der Waals surface area (Å²) >= 11 is 5.80. The van der Waals surface area contributed by atoms with E-state index in [-0.39, 0.29) is 29.7 Å². The van der Waals surface area contributed by atoms with Crippen molar-refractivity contribution in [2.75, 3.05) is 33.4 Å². The third-order valence-corrected chi connectivity index (χ3v) is 8.02. The van der Waals surface area contributed by atoms with Gasteiger partial charge in [0, 0.05) is 44.2 Å². The van der Waals surface area contributed by atoms with E-state index in [9.17, 15) is 23.8 Å². The molecule has 2 aromatic heterocycles.